The van der Waals surface area contributed by atoms with E-state index in [9.17, 15) is 0 Å². The molecule has 0 aliphatic carbocycles. The lowest BCUT2D eigenvalue weighted by atomic mass is 10.1. The van der Waals surface area contributed by atoms with Crippen LogP contribution in [0.4, 0.5) is 0 Å². The molecule has 0 unspecified atom stereocenters. The predicted octanol–water partition coefficient (Wildman–Crippen LogP) is 4.89. The van der Waals surface area contributed by atoms with Gasteiger partial charge < -0.3 is 0 Å². The summed E-state index contributed by atoms with van der Waals surface area (Å²) in [6.07, 6.45) is 0. The van der Waals surface area contributed by atoms with E-state index in [0.29, 0.717) is 0 Å². The Morgan fingerprint density at radius 2 is 0.909 bits per heavy atom. The fourth-order valence-electron chi connectivity index (χ4n) is 2.90. The summed E-state index contributed by atoms with van der Waals surface area (Å²) in [6.45, 7) is -0.787. The van der Waals surface area contributed by atoms with Crippen LogP contribution in [0.1, 0.15) is 0 Å². The van der Waals surface area contributed by atoms with Gasteiger partial charge in [0.25, 0.3) is 0 Å². The molecule has 1 radical (unpaired) electrons. The van der Waals surface area contributed by atoms with Gasteiger partial charge in [0, 0.05) is 10.6 Å². The monoisotopic (exact) mass is 317 g/mol. The van der Waals surface area contributed by atoms with E-state index in [-0.39, 0.29) is 0 Å². The molecule has 22 heavy (non-hydrogen) atoms. The van der Waals surface area contributed by atoms with E-state index in [4.69, 9.17) is 11.8 Å². The Morgan fingerprint density at radius 3 is 1.41 bits per heavy atom. The van der Waals surface area contributed by atoms with Crippen LogP contribution in [-0.4, -0.2) is 0 Å². The van der Waals surface area contributed by atoms with E-state index in [0.717, 1.165) is 0 Å². The highest BCUT2D eigenvalue weighted by Crippen LogP contribution is 2.28. The van der Waals surface area contributed by atoms with Crippen LogP contribution in [0.2, 0.25) is 0 Å². The lowest BCUT2D eigenvalue weighted by Crippen LogP contribution is -2.08. The number of hydrogen-bond donors (Lipinski definition) is 0. The molecule has 4 aromatic rings. The van der Waals surface area contributed by atoms with Crippen LogP contribution in [0.5, 0.6) is 0 Å². The molecular weight excluding hydrogens is 303 g/mol. The van der Waals surface area contributed by atoms with Gasteiger partial charge in [-0.05, 0) is 40.4 Å². The third kappa shape index (κ3) is 2.23. The van der Waals surface area contributed by atoms with E-state index < -0.39 is 6.70 Å². The van der Waals surface area contributed by atoms with E-state index in [2.05, 4.69) is 84.9 Å². The summed E-state index contributed by atoms with van der Waals surface area (Å²) in [5.41, 5.74) is 0. The Bertz CT molecular complexity index is 913. The Morgan fingerprint density at radius 1 is 0.500 bits per heavy atom. The van der Waals surface area contributed by atoms with Gasteiger partial charge in [0.1, 0.15) is 0 Å². The topological polar surface area (TPSA) is 0 Å². The van der Waals surface area contributed by atoms with Crippen molar-refractivity contribution in [1.82, 2.24) is 0 Å². The van der Waals surface area contributed by atoms with Gasteiger partial charge in [-0.15, -0.1) is 0 Å². The minimum atomic E-state index is -0.787. The number of rotatable bonds is 2. The van der Waals surface area contributed by atoms with Crippen LogP contribution in [0.15, 0.2) is 84.9 Å². The van der Waals surface area contributed by atoms with Gasteiger partial charge in [-0.1, -0.05) is 84.6 Å². The van der Waals surface area contributed by atoms with Gasteiger partial charge in [-0.3, -0.25) is 0 Å². The summed E-state index contributed by atoms with van der Waals surface area (Å²) in [7, 11) is 0. The Balaban J connectivity index is 1.97. The maximum absolute atomic E-state index is 5.99. The second-order valence-corrected chi connectivity index (χ2v) is 7.94. The molecule has 0 amide bonds. The van der Waals surface area contributed by atoms with Crippen LogP contribution in [-0.2, 0) is 11.8 Å². The van der Waals surface area contributed by atoms with E-state index in [1.807, 2.05) is 0 Å². The quantitative estimate of drug-likeness (QED) is 0.474. The predicted molar refractivity (Wildman–Crippen MR) is 101 cm³/mol. The van der Waals surface area contributed by atoms with Crippen molar-refractivity contribution >= 4 is 50.7 Å². The first-order valence-electron chi connectivity index (χ1n) is 7.27. The first-order chi connectivity index (χ1) is 10.8. The second-order valence-electron chi connectivity index (χ2n) is 5.29. The zero-order valence-corrected chi connectivity index (χ0v) is 13.6. The van der Waals surface area contributed by atoms with E-state index >= 15 is 0 Å². The van der Waals surface area contributed by atoms with Crippen molar-refractivity contribution in [2.75, 3.05) is 0 Å². The van der Waals surface area contributed by atoms with Gasteiger partial charge in [0.15, 0.2) is 0 Å². The lowest BCUT2D eigenvalue weighted by molar-refractivity contribution is 1.77. The Labute approximate surface area is 135 Å². The van der Waals surface area contributed by atoms with E-state index in [1.54, 1.807) is 0 Å². The molecular formula is C20H14PS. The highest BCUT2D eigenvalue weighted by atomic mass is 32.4. The fourth-order valence-corrected chi connectivity index (χ4v) is 5.40. The van der Waals surface area contributed by atoms with Crippen LogP contribution in [0.3, 0.4) is 0 Å². The second kappa shape index (κ2) is 5.61. The largest absolute Gasteiger partial charge is 0.0616 e. The van der Waals surface area contributed by atoms with Crippen LogP contribution in [0.25, 0.3) is 21.5 Å². The summed E-state index contributed by atoms with van der Waals surface area (Å²) in [6, 6.07) is 29.9. The molecule has 4 aromatic carbocycles. The van der Waals surface area contributed by atoms with Gasteiger partial charge >= 0.3 is 0 Å². The number of hydrogen-bond acceptors (Lipinski definition) is 1. The minimum absolute atomic E-state index is 0.787. The van der Waals surface area contributed by atoms with Crippen LogP contribution >= 0.6 is 6.70 Å². The van der Waals surface area contributed by atoms with Gasteiger partial charge in [-0.2, -0.15) is 0 Å². The van der Waals surface area contributed by atoms with Gasteiger partial charge in [0.05, 0.1) is 0 Å². The maximum atomic E-state index is 5.99. The third-order valence-corrected chi connectivity index (χ3v) is 6.81. The lowest BCUT2D eigenvalue weighted by Gasteiger charge is -2.11. The van der Waals surface area contributed by atoms with Crippen molar-refractivity contribution in [3.8, 4) is 0 Å². The molecule has 0 bridgehead atoms. The molecule has 0 heterocycles. The number of benzene rings is 4. The summed E-state index contributed by atoms with van der Waals surface area (Å²) < 4.78 is 0. The first kappa shape index (κ1) is 13.6. The number of fused-ring (bicyclic) bond motifs is 2. The van der Waals surface area contributed by atoms with Crippen molar-refractivity contribution in [2.45, 2.75) is 0 Å². The molecule has 4 rings (SSSR count). The van der Waals surface area contributed by atoms with Crippen LogP contribution in [0, 0.1) is 0 Å². The van der Waals surface area contributed by atoms with Crippen LogP contribution < -0.4 is 10.6 Å². The Hall–Kier alpha value is -2.08. The summed E-state index contributed by atoms with van der Waals surface area (Å²) in [5.74, 6) is 0. The minimum Gasteiger partial charge on any atom is -0.0616 e. The highest BCUT2D eigenvalue weighted by Gasteiger charge is 2.10. The molecule has 0 spiro atoms. The van der Waals surface area contributed by atoms with Gasteiger partial charge in [0.2, 0.25) is 0 Å². The molecule has 0 aliphatic rings. The molecule has 0 aliphatic heterocycles. The molecule has 0 fully saturated rings. The average Bonchev–Trinajstić information content (AvgIpc) is 2.60. The molecule has 105 valence electrons. The third-order valence-electron chi connectivity index (χ3n) is 3.97. The zero-order chi connectivity index (χ0) is 14.9. The smallest absolute Gasteiger partial charge is 0.0165 e. The molecule has 0 N–H and O–H groups in total. The van der Waals surface area contributed by atoms with Crippen molar-refractivity contribution in [3.05, 3.63) is 84.9 Å². The molecule has 0 nitrogen and oxygen atoms in total. The molecule has 0 aromatic heterocycles. The molecule has 0 saturated heterocycles. The SMILES string of the molecule is S=[P](c1cccc2ccccc12)c1cccc2ccccc12. The molecule has 2 heteroatoms. The standard InChI is InChI=1S/C20H14PS/c22-21(19-13-5-9-15-7-1-3-11-17(15)19)20-14-6-10-16-8-2-4-12-18(16)20/h1-14H. The van der Waals surface area contributed by atoms with Crippen molar-refractivity contribution < 1.29 is 0 Å². The highest BCUT2D eigenvalue weighted by molar-refractivity contribution is 8.12. The van der Waals surface area contributed by atoms with E-state index in [1.165, 1.54) is 32.2 Å². The summed E-state index contributed by atoms with van der Waals surface area (Å²) >= 11 is 5.99. The zero-order valence-electron chi connectivity index (χ0n) is 11.9. The maximum Gasteiger partial charge on any atom is 0.0165 e. The van der Waals surface area contributed by atoms with Crippen molar-refractivity contribution in [2.24, 2.45) is 0 Å². The van der Waals surface area contributed by atoms with Crippen molar-refractivity contribution in [1.29, 1.82) is 0 Å². The molecule has 0 saturated carbocycles. The normalized spacial score (nSPS) is 10.9. The average molecular weight is 317 g/mol. The van der Waals surface area contributed by atoms with Gasteiger partial charge in [-0.25, -0.2) is 0 Å². The van der Waals surface area contributed by atoms with Crippen molar-refractivity contribution in [3.63, 3.8) is 0 Å². The first-order valence-corrected chi connectivity index (χ1v) is 9.63. The summed E-state index contributed by atoms with van der Waals surface area (Å²) in [4.78, 5) is 0. The molecule has 0 atom stereocenters. The summed E-state index contributed by atoms with van der Waals surface area (Å²) in [5, 5.41) is 7.63. The fraction of sp³-hybridized carbons (Fsp3) is 0. The Kier molecular flexibility index (Phi) is 3.46.